The lowest BCUT2D eigenvalue weighted by molar-refractivity contribution is -0.147. The number of ether oxygens (including phenoxy) is 2. The molecule has 27 heavy (non-hydrogen) atoms. The fourth-order valence-corrected chi connectivity index (χ4v) is 4.89. The summed E-state index contributed by atoms with van der Waals surface area (Å²) < 4.78 is 10.0. The summed E-state index contributed by atoms with van der Waals surface area (Å²) in [7, 11) is 1.34. The van der Waals surface area contributed by atoms with Gasteiger partial charge in [0.05, 0.1) is 19.1 Å². The Morgan fingerprint density at radius 2 is 2.04 bits per heavy atom. The molecule has 7 heteroatoms. The van der Waals surface area contributed by atoms with E-state index in [0.717, 1.165) is 55.4 Å². The molecule has 0 spiro atoms. The highest BCUT2D eigenvalue weighted by molar-refractivity contribution is 7.17. The first kappa shape index (κ1) is 19.6. The van der Waals surface area contributed by atoms with Gasteiger partial charge < -0.3 is 14.8 Å². The summed E-state index contributed by atoms with van der Waals surface area (Å²) in [5.41, 5.74) is 1.44. The zero-order valence-corrected chi connectivity index (χ0v) is 16.4. The van der Waals surface area contributed by atoms with Crippen molar-refractivity contribution in [3.8, 4) is 0 Å². The second-order valence-corrected chi connectivity index (χ2v) is 8.04. The van der Waals surface area contributed by atoms with Gasteiger partial charge >= 0.3 is 11.9 Å². The van der Waals surface area contributed by atoms with Crippen LogP contribution in [-0.2, 0) is 31.9 Å². The summed E-state index contributed by atoms with van der Waals surface area (Å²) in [4.78, 5) is 37.5. The van der Waals surface area contributed by atoms with E-state index in [0.29, 0.717) is 17.0 Å². The number of allylic oxidation sites excluding steroid dienone is 2. The minimum absolute atomic E-state index is 0.208. The summed E-state index contributed by atoms with van der Waals surface area (Å²) >= 11 is 1.43. The average Bonchev–Trinajstić information content (AvgIpc) is 3.21. The van der Waals surface area contributed by atoms with Crippen molar-refractivity contribution in [1.29, 1.82) is 0 Å². The van der Waals surface area contributed by atoms with Gasteiger partial charge in [-0.1, -0.05) is 18.6 Å². The van der Waals surface area contributed by atoms with E-state index < -0.39 is 11.9 Å². The van der Waals surface area contributed by atoms with E-state index in [-0.39, 0.29) is 18.5 Å². The number of thiophene rings is 1. The zero-order chi connectivity index (χ0) is 19.2. The van der Waals surface area contributed by atoms with Gasteiger partial charge in [-0.3, -0.25) is 9.59 Å². The Bertz CT molecular complexity index is 752. The molecule has 1 amide bonds. The maximum Gasteiger partial charge on any atom is 0.341 e. The number of hydrogen-bond donors (Lipinski definition) is 1. The summed E-state index contributed by atoms with van der Waals surface area (Å²) in [5, 5.41) is 3.23. The summed E-state index contributed by atoms with van der Waals surface area (Å²) in [6.07, 6.45) is 11.3. The molecule has 0 fully saturated rings. The maximum atomic E-state index is 12.3. The topological polar surface area (TPSA) is 81.7 Å². The van der Waals surface area contributed by atoms with Crippen molar-refractivity contribution >= 4 is 34.2 Å². The molecule has 0 saturated heterocycles. The predicted octanol–water partition coefficient (Wildman–Crippen LogP) is 3.64. The quantitative estimate of drug-likeness (QED) is 0.455. The van der Waals surface area contributed by atoms with Gasteiger partial charge in [-0.05, 0) is 50.0 Å². The number of nitrogens with one attached hydrogen (secondary N) is 1. The molecule has 1 aromatic heterocycles. The van der Waals surface area contributed by atoms with E-state index in [1.165, 1.54) is 18.4 Å². The third-order valence-electron chi connectivity index (χ3n) is 4.97. The van der Waals surface area contributed by atoms with Crippen LogP contribution in [0.1, 0.15) is 59.3 Å². The molecule has 0 saturated carbocycles. The first-order valence-electron chi connectivity index (χ1n) is 9.43. The van der Waals surface area contributed by atoms with Gasteiger partial charge in [-0.25, -0.2) is 4.79 Å². The van der Waals surface area contributed by atoms with Crippen LogP contribution in [-0.4, -0.2) is 31.6 Å². The average molecular weight is 391 g/mol. The van der Waals surface area contributed by atoms with Crippen LogP contribution in [0.5, 0.6) is 0 Å². The molecule has 0 aromatic carbocycles. The van der Waals surface area contributed by atoms with Crippen LogP contribution >= 0.6 is 11.3 Å². The molecule has 1 heterocycles. The van der Waals surface area contributed by atoms with Gasteiger partial charge in [-0.2, -0.15) is 0 Å². The minimum atomic E-state index is -0.438. The second-order valence-electron chi connectivity index (χ2n) is 6.94. The third-order valence-corrected chi connectivity index (χ3v) is 6.18. The molecule has 2 aliphatic rings. The Labute approximate surface area is 162 Å². The van der Waals surface area contributed by atoms with Crippen molar-refractivity contribution in [2.75, 3.05) is 19.0 Å². The molecule has 0 radical (unpaired) electrons. The highest BCUT2D eigenvalue weighted by atomic mass is 32.1. The van der Waals surface area contributed by atoms with Crippen molar-refractivity contribution in [2.24, 2.45) is 5.92 Å². The van der Waals surface area contributed by atoms with E-state index in [2.05, 4.69) is 11.4 Å². The lowest BCUT2D eigenvalue weighted by atomic mass is 10.1. The number of fused-ring (bicyclic) bond motifs is 1. The molecule has 3 rings (SSSR count). The van der Waals surface area contributed by atoms with Crippen LogP contribution in [0, 0.1) is 5.92 Å². The van der Waals surface area contributed by atoms with Crippen LogP contribution in [0.2, 0.25) is 0 Å². The fraction of sp³-hybridized carbons (Fsp3) is 0.550. The number of aryl methyl sites for hydroxylation is 1. The number of amides is 1. The SMILES string of the molecule is COC(=O)c1c(NC(=O)COC(=O)C[C@H]2C=CCC2)sc2c1CCCCC2. The molecule has 0 bridgehead atoms. The number of hydrogen-bond acceptors (Lipinski definition) is 6. The standard InChI is InChI=1S/C20H25NO5S/c1-25-20(24)18-14-9-3-2-4-10-15(14)27-19(18)21-16(22)12-26-17(23)11-13-7-5-6-8-13/h5,7,13H,2-4,6,8-12H2,1H3,(H,21,22)/t13-/m0/s1. The van der Waals surface area contributed by atoms with E-state index in [4.69, 9.17) is 9.47 Å². The number of esters is 2. The third kappa shape index (κ3) is 4.97. The van der Waals surface area contributed by atoms with Gasteiger partial charge in [0.2, 0.25) is 0 Å². The largest absolute Gasteiger partial charge is 0.465 e. The monoisotopic (exact) mass is 391 g/mol. The zero-order valence-electron chi connectivity index (χ0n) is 15.5. The molecule has 0 unspecified atom stereocenters. The molecular formula is C20H25NO5S. The minimum Gasteiger partial charge on any atom is -0.465 e. The molecule has 1 N–H and O–H groups in total. The van der Waals surface area contributed by atoms with Gasteiger partial charge in [0.1, 0.15) is 5.00 Å². The van der Waals surface area contributed by atoms with Crippen LogP contribution in [0.3, 0.4) is 0 Å². The van der Waals surface area contributed by atoms with Crippen molar-refractivity contribution in [3.63, 3.8) is 0 Å². The van der Waals surface area contributed by atoms with Crippen LogP contribution in [0.4, 0.5) is 5.00 Å². The Kier molecular flexibility index (Phi) is 6.66. The molecule has 6 nitrogen and oxygen atoms in total. The van der Waals surface area contributed by atoms with Gasteiger partial charge in [0, 0.05) is 4.88 Å². The summed E-state index contributed by atoms with van der Waals surface area (Å²) in [6, 6.07) is 0. The number of rotatable bonds is 6. The van der Waals surface area contributed by atoms with Crippen molar-refractivity contribution in [2.45, 2.75) is 51.4 Å². The number of methoxy groups -OCH3 is 1. The normalized spacial score (nSPS) is 18.5. The summed E-state index contributed by atoms with van der Waals surface area (Å²) in [6.45, 7) is -0.349. The van der Waals surface area contributed by atoms with Gasteiger partial charge in [0.15, 0.2) is 6.61 Å². The van der Waals surface area contributed by atoms with Gasteiger partial charge in [0.25, 0.3) is 5.91 Å². The smallest absolute Gasteiger partial charge is 0.341 e. The molecule has 146 valence electrons. The lowest BCUT2D eigenvalue weighted by Gasteiger charge is -2.09. The van der Waals surface area contributed by atoms with Crippen molar-refractivity contribution < 1.29 is 23.9 Å². The predicted molar refractivity (Wildman–Crippen MR) is 103 cm³/mol. The van der Waals surface area contributed by atoms with Gasteiger partial charge in [-0.15, -0.1) is 11.3 Å². The Morgan fingerprint density at radius 3 is 2.78 bits per heavy atom. The lowest BCUT2D eigenvalue weighted by Crippen LogP contribution is -2.22. The van der Waals surface area contributed by atoms with E-state index in [1.807, 2.05) is 6.08 Å². The van der Waals surface area contributed by atoms with Crippen LogP contribution in [0.25, 0.3) is 0 Å². The Morgan fingerprint density at radius 1 is 1.22 bits per heavy atom. The summed E-state index contributed by atoms with van der Waals surface area (Å²) in [5.74, 6) is -1.04. The maximum absolute atomic E-state index is 12.3. The second kappa shape index (κ2) is 9.17. The van der Waals surface area contributed by atoms with Crippen molar-refractivity contribution in [1.82, 2.24) is 0 Å². The van der Waals surface area contributed by atoms with Crippen molar-refractivity contribution in [3.05, 3.63) is 28.2 Å². The number of carbonyl (C=O) groups excluding carboxylic acids is 3. The fourth-order valence-electron chi connectivity index (χ4n) is 3.60. The first-order valence-corrected chi connectivity index (χ1v) is 10.2. The molecular weight excluding hydrogens is 366 g/mol. The first-order chi connectivity index (χ1) is 13.1. The molecule has 0 aliphatic heterocycles. The van der Waals surface area contributed by atoms with E-state index in [1.54, 1.807) is 0 Å². The highest BCUT2D eigenvalue weighted by Gasteiger charge is 2.26. The molecule has 1 aromatic rings. The molecule has 2 aliphatic carbocycles. The van der Waals surface area contributed by atoms with E-state index in [9.17, 15) is 14.4 Å². The highest BCUT2D eigenvalue weighted by Crippen LogP contribution is 2.37. The van der Waals surface area contributed by atoms with E-state index >= 15 is 0 Å². The van der Waals surface area contributed by atoms with Crippen LogP contribution < -0.4 is 5.32 Å². The Balaban J connectivity index is 1.62. The number of anilines is 1. The van der Waals surface area contributed by atoms with Crippen LogP contribution in [0.15, 0.2) is 12.2 Å². The number of carbonyl (C=O) groups is 3. The Hall–Kier alpha value is -2.15. The molecule has 1 atom stereocenters.